The van der Waals surface area contributed by atoms with Gasteiger partial charge in [-0.3, -0.25) is 20.5 Å². The van der Waals surface area contributed by atoms with E-state index in [0.717, 1.165) is 12.8 Å². The molecule has 0 spiro atoms. The Morgan fingerprint density at radius 1 is 1.30 bits per heavy atom. The van der Waals surface area contributed by atoms with Crippen LogP contribution in [-0.2, 0) is 9.53 Å². The minimum Gasteiger partial charge on any atom is -0.444 e. The summed E-state index contributed by atoms with van der Waals surface area (Å²) in [6.07, 6.45) is 3.57. The fourth-order valence-electron chi connectivity index (χ4n) is 2.39. The molecule has 2 N–H and O–H groups in total. The van der Waals surface area contributed by atoms with Crippen molar-refractivity contribution in [3.63, 3.8) is 0 Å². The highest BCUT2D eigenvalue weighted by Gasteiger charge is 2.34. The molecule has 1 atom stereocenters. The van der Waals surface area contributed by atoms with Crippen LogP contribution in [0.2, 0.25) is 0 Å². The van der Waals surface area contributed by atoms with Crippen molar-refractivity contribution in [2.75, 3.05) is 12.0 Å². The number of carbonyl (C=O) groups excluding carboxylic acids is 2. The Bertz CT molecular complexity index is 542. The molecule has 2 heterocycles. The quantitative estimate of drug-likeness (QED) is 0.835. The van der Waals surface area contributed by atoms with Gasteiger partial charge in [-0.1, -0.05) is 6.07 Å². The van der Waals surface area contributed by atoms with Crippen LogP contribution >= 0.6 is 0 Å². The highest BCUT2D eigenvalue weighted by atomic mass is 16.6. The van der Waals surface area contributed by atoms with Gasteiger partial charge in [0.2, 0.25) is 0 Å². The van der Waals surface area contributed by atoms with E-state index < -0.39 is 17.7 Å². The van der Waals surface area contributed by atoms with Crippen molar-refractivity contribution in [3.8, 4) is 0 Å². The van der Waals surface area contributed by atoms with Crippen LogP contribution in [0.15, 0.2) is 24.4 Å². The Labute approximate surface area is 136 Å². The standard InChI is InChI=1S/C16H24N4O3/c1-16(2,3)23-15(22)20-11-7-5-8-12(20)14(21)19-18-13-9-4-6-10-17-13/h4,6,9-10,12H,5,7-8,11H2,1-3H3,(H,17,18)(H,19,21). The molecule has 1 fully saturated rings. The summed E-state index contributed by atoms with van der Waals surface area (Å²) in [5, 5.41) is 0. The molecule has 0 bridgehead atoms. The van der Waals surface area contributed by atoms with E-state index in [1.807, 2.05) is 26.8 Å². The van der Waals surface area contributed by atoms with Crippen molar-refractivity contribution in [2.45, 2.75) is 51.7 Å². The summed E-state index contributed by atoms with van der Waals surface area (Å²) in [7, 11) is 0. The fourth-order valence-corrected chi connectivity index (χ4v) is 2.39. The number of carbonyl (C=O) groups is 2. The number of amides is 2. The number of anilines is 1. The summed E-state index contributed by atoms with van der Waals surface area (Å²) >= 11 is 0. The van der Waals surface area contributed by atoms with Gasteiger partial charge in [-0.15, -0.1) is 0 Å². The van der Waals surface area contributed by atoms with E-state index in [9.17, 15) is 9.59 Å². The third-order valence-corrected chi connectivity index (χ3v) is 3.41. The van der Waals surface area contributed by atoms with Crippen molar-refractivity contribution in [1.29, 1.82) is 0 Å². The summed E-state index contributed by atoms with van der Waals surface area (Å²) in [6, 6.07) is 4.81. The number of ether oxygens (including phenoxy) is 1. The van der Waals surface area contributed by atoms with Crippen molar-refractivity contribution < 1.29 is 14.3 Å². The molecule has 0 saturated carbocycles. The van der Waals surface area contributed by atoms with Crippen LogP contribution in [0.25, 0.3) is 0 Å². The maximum Gasteiger partial charge on any atom is 0.410 e. The molecule has 23 heavy (non-hydrogen) atoms. The van der Waals surface area contributed by atoms with Crippen LogP contribution in [0.4, 0.5) is 10.6 Å². The minimum atomic E-state index is -0.582. The molecule has 126 valence electrons. The molecule has 1 aromatic rings. The molecular formula is C16H24N4O3. The highest BCUT2D eigenvalue weighted by molar-refractivity contribution is 5.86. The maximum absolute atomic E-state index is 12.4. The van der Waals surface area contributed by atoms with Gasteiger partial charge < -0.3 is 4.74 Å². The molecule has 7 nitrogen and oxygen atoms in total. The number of nitrogens with zero attached hydrogens (tertiary/aromatic N) is 2. The highest BCUT2D eigenvalue weighted by Crippen LogP contribution is 2.20. The second-order valence-corrected chi connectivity index (χ2v) is 6.51. The van der Waals surface area contributed by atoms with Crippen LogP contribution in [-0.4, -0.2) is 40.1 Å². The first-order chi connectivity index (χ1) is 10.9. The zero-order valence-corrected chi connectivity index (χ0v) is 13.8. The summed E-state index contributed by atoms with van der Waals surface area (Å²) in [5.41, 5.74) is 4.79. The molecule has 1 aliphatic rings. The maximum atomic E-state index is 12.4. The van der Waals surface area contributed by atoms with Gasteiger partial charge >= 0.3 is 6.09 Å². The zero-order valence-electron chi connectivity index (χ0n) is 13.8. The van der Waals surface area contributed by atoms with Crippen LogP contribution in [0, 0.1) is 0 Å². The third kappa shape index (κ3) is 5.12. The molecule has 1 saturated heterocycles. The lowest BCUT2D eigenvalue weighted by Gasteiger charge is -2.35. The number of piperidine rings is 1. The fraction of sp³-hybridized carbons (Fsp3) is 0.562. The Morgan fingerprint density at radius 3 is 2.74 bits per heavy atom. The first-order valence-electron chi connectivity index (χ1n) is 7.83. The van der Waals surface area contributed by atoms with Crippen LogP contribution < -0.4 is 10.9 Å². The molecule has 2 rings (SSSR count). The lowest BCUT2D eigenvalue weighted by atomic mass is 10.0. The topological polar surface area (TPSA) is 83.6 Å². The number of likely N-dealkylation sites (tertiary alicyclic amines) is 1. The van der Waals surface area contributed by atoms with Gasteiger partial charge in [0, 0.05) is 12.7 Å². The Balaban J connectivity index is 1.97. The average Bonchev–Trinajstić information content (AvgIpc) is 2.52. The summed E-state index contributed by atoms with van der Waals surface area (Å²) < 4.78 is 5.39. The van der Waals surface area contributed by atoms with E-state index in [4.69, 9.17) is 4.74 Å². The zero-order chi connectivity index (χ0) is 16.9. The van der Waals surface area contributed by atoms with Crippen molar-refractivity contribution in [2.24, 2.45) is 0 Å². The predicted molar refractivity (Wildman–Crippen MR) is 86.6 cm³/mol. The summed E-state index contributed by atoms with van der Waals surface area (Å²) in [4.78, 5) is 30.3. The smallest absolute Gasteiger partial charge is 0.410 e. The van der Waals surface area contributed by atoms with Gasteiger partial charge in [0.15, 0.2) is 0 Å². The summed E-state index contributed by atoms with van der Waals surface area (Å²) in [6.45, 7) is 5.96. The number of hydrogen-bond donors (Lipinski definition) is 2. The van der Waals surface area contributed by atoms with Gasteiger partial charge in [-0.2, -0.15) is 0 Å². The molecule has 0 aromatic carbocycles. The van der Waals surface area contributed by atoms with Gasteiger partial charge in [-0.05, 0) is 52.2 Å². The number of nitrogens with one attached hydrogen (secondary N) is 2. The van der Waals surface area contributed by atoms with E-state index in [1.165, 1.54) is 4.90 Å². The van der Waals surface area contributed by atoms with Crippen molar-refractivity contribution in [3.05, 3.63) is 24.4 Å². The molecule has 2 amide bonds. The molecule has 1 unspecified atom stereocenters. The van der Waals surface area contributed by atoms with E-state index in [1.54, 1.807) is 18.3 Å². The SMILES string of the molecule is CC(C)(C)OC(=O)N1CCCCC1C(=O)NNc1ccccn1. The largest absolute Gasteiger partial charge is 0.444 e. The molecule has 0 radical (unpaired) electrons. The number of aromatic nitrogens is 1. The Morgan fingerprint density at radius 2 is 2.09 bits per heavy atom. The van der Waals surface area contributed by atoms with Gasteiger partial charge in [0.05, 0.1) is 0 Å². The first-order valence-corrected chi connectivity index (χ1v) is 7.83. The Kier molecular flexibility index (Phi) is 5.41. The monoisotopic (exact) mass is 320 g/mol. The third-order valence-electron chi connectivity index (χ3n) is 3.41. The lowest BCUT2D eigenvalue weighted by molar-refractivity contribution is -0.127. The average molecular weight is 320 g/mol. The molecule has 1 aromatic heterocycles. The second kappa shape index (κ2) is 7.30. The minimum absolute atomic E-state index is 0.263. The summed E-state index contributed by atoms with van der Waals surface area (Å²) in [5.74, 6) is 0.279. The molecule has 0 aliphatic carbocycles. The number of hydrogen-bond acceptors (Lipinski definition) is 5. The predicted octanol–water partition coefficient (Wildman–Crippen LogP) is 2.31. The van der Waals surface area contributed by atoms with Crippen LogP contribution in [0.5, 0.6) is 0 Å². The lowest BCUT2D eigenvalue weighted by Crippen LogP contribution is -2.54. The number of hydrazine groups is 1. The Hall–Kier alpha value is -2.31. The number of rotatable bonds is 3. The van der Waals surface area contributed by atoms with Crippen LogP contribution in [0.1, 0.15) is 40.0 Å². The van der Waals surface area contributed by atoms with E-state index in [-0.39, 0.29) is 5.91 Å². The van der Waals surface area contributed by atoms with Crippen molar-refractivity contribution in [1.82, 2.24) is 15.3 Å². The molecule has 7 heteroatoms. The van der Waals surface area contributed by atoms with E-state index in [0.29, 0.717) is 18.8 Å². The van der Waals surface area contributed by atoms with E-state index in [2.05, 4.69) is 15.8 Å². The van der Waals surface area contributed by atoms with Crippen molar-refractivity contribution >= 4 is 17.8 Å². The van der Waals surface area contributed by atoms with Gasteiger partial charge in [-0.25, -0.2) is 9.78 Å². The number of pyridine rings is 1. The van der Waals surface area contributed by atoms with Gasteiger partial charge in [0.1, 0.15) is 17.5 Å². The molecule has 1 aliphatic heterocycles. The van der Waals surface area contributed by atoms with Gasteiger partial charge in [0.25, 0.3) is 5.91 Å². The molecular weight excluding hydrogens is 296 g/mol. The first kappa shape index (κ1) is 17.1. The van der Waals surface area contributed by atoms with E-state index >= 15 is 0 Å². The van der Waals surface area contributed by atoms with Crippen LogP contribution in [0.3, 0.4) is 0 Å². The normalized spacial score (nSPS) is 18.2. The second-order valence-electron chi connectivity index (χ2n) is 6.51.